The first-order valence-corrected chi connectivity index (χ1v) is 6.20. The molecule has 5 nitrogen and oxygen atoms in total. The lowest BCUT2D eigenvalue weighted by atomic mass is 10.1. The number of carbonyl (C=O) groups is 2. The van der Waals surface area contributed by atoms with E-state index >= 15 is 0 Å². The van der Waals surface area contributed by atoms with Crippen LogP contribution in [-0.4, -0.2) is 22.0 Å². The van der Waals surface area contributed by atoms with E-state index in [4.69, 9.17) is 5.11 Å². The van der Waals surface area contributed by atoms with E-state index in [0.29, 0.717) is 5.69 Å². The minimum Gasteiger partial charge on any atom is -0.478 e. The van der Waals surface area contributed by atoms with Crippen molar-refractivity contribution in [2.24, 2.45) is 0 Å². The number of rotatable bonds is 4. The van der Waals surface area contributed by atoms with Gasteiger partial charge in [0.15, 0.2) is 0 Å². The minimum atomic E-state index is -1.18. The second kappa shape index (κ2) is 5.97. The van der Waals surface area contributed by atoms with Crippen molar-refractivity contribution in [2.45, 2.75) is 13.3 Å². The summed E-state index contributed by atoms with van der Waals surface area (Å²) in [4.78, 5) is 26.9. The summed E-state index contributed by atoms with van der Waals surface area (Å²) in [5.41, 5.74) is 1.55. The molecule has 0 aliphatic rings. The number of carboxylic acids is 1. The maximum absolute atomic E-state index is 12.1. The number of amides is 1. The molecule has 0 saturated heterocycles. The van der Waals surface area contributed by atoms with Gasteiger partial charge < -0.3 is 10.4 Å². The number of benzene rings is 1. The van der Waals surface area contributed by atoms with Crippen LogP contribution in [0.25, 0.3) is 0 Å². The monoisotopic (exact) mass is 270 g/mol. The van der Waals surface area contributed by atoms with Gasteiger partial charge >= 0.3 is 5.97 Å². The molecule has 2 rings (SSSR count). The van der Waals surface area contributed by atoms with Gasteiger partial charge in [0.2, 0.25) is 0 Å². The number of aromatic nitrogens is 1. The van der Waals surface area contributed by atoms with Crippen LogP contribution in [0.3, 0.4) is 0 Å². The molecule has 0 fully saturated rings. The highest BCUT2D eigenvalue weighted by atomic mass is 16.4. The van der Waals surface area contributed by atoms with Gasteiger partial charge in [-0.2, -0.15) is 0 Å². The number of nitrogens with one attached hydrogen (secondary N) is 1. The normalized spacial score (nSPS) is 10.1. The second-order valence-corrected chi connectivity index (χ2v) is 4.21. The number of aromatic carboxylic acids is 1. The highest BCUT2D eigenvalue weighted by Gasteiger charge is 2.17. The quantitative estimate of drug-likeness (QED) is 0.895. The summed E-state index contributed by atoms with van der Waals surface area (Å²) in [6.45, 7) is 2.04. The van der Waals surface area contributed by atoms with Crippen LogP contribution in [0.15, 0.2) is 42.6 Å². The van der Waals surface area contributed by atoms with E-state index < -0.39 is 11.9 Å². The smallest absolute Gasteiger partial charge is 0.338 e. The van der Waals surface area contributed by atoms with E-state index in [0.717, 1.165) is 12.0 Å². The summed E-state index contributed by atoms with van der Waals surface area (Å²) in [5.74, 6) is -1.71. The van der Waals surface area contributed by atoms with Crippen LogP contribution < -0.4 is 5.32 Å². The first-order valence-electron chi connectivity index (χ1n) is 6.20. The molecule has 0 aliphatic heterocycles. The Kier molecular flexibility index (Phi) is 4.10. The number of carboxylic acid groups (broad SMARTS) is 1. The Hall–Kier alpha value is -2.69. The van der Waals surface area contributed by atoms with Crippen LogP contribution in [0.2, 0.25) is 0 Å². The van der Waals surface area contributed by atoms with Crippen molar-refractivity contribution in [2.75, 3.05) is 5.32 Å². The predicted molar refractivity (Wildman–Crippen MR) is 75.0 cm³/mol. The third-order valence-electron chi connectivity index (χ3n) is 2.87. The lowest BCUT2D eigenvalue weighted by Crippen LogP contribution is -2.18. The molecule has 0 atom stereocenters. The van der Waals surface area contributed by atoms with Gasteiger partial charge in [-0.15, -0.1) is 0 Å². The zero-order chi connectivity index (χ0) is 14.5. The SMILES string of the molecule is CCc1ccc(NC(=O)c2ncccc2C(=O)O)cc1. The van der Waals surface area contributed by atoms with Gasteiger partial charge in [0.25, 0.3) is 5.91 Å². The lowest BCUT2D eigenvalue weighted by molar-refractivity contribution is 0.0691. The van der Waals surface area contributed by atoms with Crippen LogP contribution in [-0.2, 0) is 6.42 Å². The number of carbonyl (C=O) groups excluding carboxylic acids is 1. The summed E-state index contributed by atoms with van der Waals surface area (Å²) >= 11 is 0. The summed E-state index contributed by atoms with van der Waals surface area (Å²) in [7, 11) is 0. The summed E-state index contributed by atoms with van der Waals surface area (Å²) in [6, 6.07) is 10.2. The Bertz CT molecular complexity index is 636. The molecule has 0 unspecified atom stereocenters. The maximum atomic E-state index is 12.1. The molecule has 1 aromatic carbocycles. The average molecular weight is 270 g/mol. The Balaban J connectivity index is 2.21. The molecule has 0 saturated carbocycles. The van der Waals surface area contributed by atoms with Crippen LogP contribution in [0.5, 0.6) is 0 Å². The molecule has 5 heteroatoms. The Labute approximate surface area is 116 Å². The van der Waals surface area contributed by atoms with Gasteiger partial charge in [0, 0.05) is 11.9 Å². The van der Waals surface area contributed by atoms with Crippen molar-refractivity contribution in [3.63, 3.8) is 0 Å². The third kappa shape index (κ3) is 3.00. The van der Waals surface area contributed by atoms with E-state index in [2.05, 4.69) is 10.3 Å². The topological polar surface area (TPSA) is 79.3 Å². The molecule has 2 aromatic rings. The van der Waals surface area contributed by atoms with Crippen molar-refractivity contribution >= 4 is 17.6 Å². The van der Waals surface area contributed by atoms with Gasteiger partial charge in [-0.05, 0) is 36.2 Å². The fourth-order valence-electron chi connectivity index (χ4n) is 1.77. The standard InChI is InChI=1S/C15H14N2O3/c1-2-10-5-7-11(8-6-10)17-14(18)13-12(15(19)20)4-3-9-16-13/h3-9H,2H2,1H3,(H,17,18)(H,19,20). The molecule has 102 valence electrons. The number of pyridine rings is 1. The van der Waals surface area contributed by atoms with E-state index in [9.17, 15) is 9.59 Å². The zero-order valence-electron chi connectivity index (χ0n) is 11.0. The van der Waals surface area contributed by atoms with E-state index in [1.807, 2.05) is 19.1 Å². The number of aryl methyl sites for hydroxylation is 1. The molecule has 2 N–H and O–H groups in total. The fraction of sp³-hybridized carbons (Fsp3) is 0.133. The lowest BCUT2D eigenvalue weighted by Gasteiger charge is -2.07. The first kappa shape index (κ1) is 13.7. The Morgan fingerprint density at radius 1 is 1.20 bits per heavy atom. The van der Waals surface area contributed by atoms with Gasteiger partial charge in [0.1, 0.15) is 5.69 Å². The predicted octanol–water partition coefficient (Wildman–Crippen LogP) is 2.59. The van der Waals surface area contributed by atoms with Crippen molar-refractivity contribution in [1.29, 1.82) is 0 Å². The minimum absolute atomic E-state index is 0.0976. The Morgan fingerprint density at radius 3 is 2.50 bits per heavy atom. The number of nitrogens with zero attached hydrogens (tertiary/aromatic N) is 1. The largest absolute Gasteiger partial charge is 0.478 e. The highest BCUT2D eigenvalue weighted by molar-refractivity contribution is 6.09. The van der Waals surface area contributed by atoms with Crippen LogP contribution >= 0.6 is 0 Å². The highest BCUT2D eigenvalue weighted by Crippen LogP contribution is 2.13. The zero-order valence-corrected chi connectivity index (χ0v) is 11.0. The molecule has 0 spiro atoms. The van der Waals surface area contributed by atoms with Crippen LogP contribution in [0.4, 0.5) is 5.69 Å². The van der Waals surface area contributed by atoms with Crippen molar-refractivity contribution in [3.05, 3.63) is 59.4 Å². The number of anilines is 1. The second-order valence-electron chi connectivity index (χ2n) is 4.21. The molecule has 0 bridgehead atoms. The third-order valence-corrected chi connectivity index (χ3v) is 2.87. The molecule has 1 amide bonds. The maximum Gasteiger partial charge on any atom is 0.338 e. The van der Waals surface area contributed by atoms with Gasteiger partial charge in [-0.1, -0.05) is 19.1 Å². The molecule has 20 heavy (non-hydrogen) atoms. The van der Waals surface area contributed by atoms with Crippen molar-refractivity contribution < 1.29 is 14.7 Å². The summed E-state index contributed by atoms with van der Waals surface area (Å²) < 4.78 is 0. The number of hydrogen-bond acceptors (Lipinski definition) is 3. The van der Waals surface area contributed by atoms with Gasteiger partial charge in [-0.25, -0.2) is 4.79 Å². The van der Waals surface area contributed by atoms with E-state index in [1.54, 1.807) is 12.1 Å². The molecular formula is C15H14N2O3. The van der Waals surface area contributed by atoms with E-state index in [1.165, 1.54) is 18.3 Å². The molecule has 1 heterocycles. The van der Waals surface area contributed by atoms with Gasteiger partial charge in [-0.3, -0.25) is 9.78 Å². The fourth-order valence-corrected chi connectivity index (χ4v) is 1.77. The first-order chi connectivity index (χ1) is 9.61. The van der Waals surface area contributed by atoms with Crippen LogP contribution in [0.1, 0.15) is 33.3 Å². The average Bonchev–Trinajstić information content (AvgIpc) is 2.48. The summed E-state index contributed by atoms with van der Waals surface area (Å²) in [5, 5.41) is 11.7. The van der Waals surface area contributed by atoms with Crippen molar-refractivity contribution in [1.82, 2.24) is 4.98 Å². The molecule has 0 radical (unpaired) electrons. The molecule has 0 aliphatic carbocycles. The van der Waals surface area contributed by atoms with E-state index in [-0.39, 0.29) is 11.3 Å². The number of hydrogen-bond donors (Lipinski definition) is 2. The van der Waals surface area contributed by atoms with Gasteiger partial charge in [0.05, 0.1) is 5.56 Å². The molecular weight excluding hydrogens is 256 g/mol. The molecule has 1 aromatic heterocycles. The summed E-state index contributed by atoms with van der Waals surface area (Å²) in [6.07, 6.45) is 2.30. The van der Waals surface area contributed by atoms with Crippen molar-refractivity contribution in [3.8, 4) is 0 Å². The van der Waals surface area contributed by atoms with Crippen LogP contribution in [0, 0.1) is 0 Å². The Morgan fingerprint density at radius 2 is 1.90 bits per heavy atom.